The second kappa shape index (κ2) is 11.2. The molecule has 0 radical (unpaired) electrons. The molecule has 0 saturated carbocycles. The van der Waals surface area contributed by atoms with Crippen LogP contribution < -0.4 is 10.6 Å². The van der Waals surface area contributed by atoms with Gasteiger partial charge in [0.2, 0.25) is 21.8 Å². The van der Waals surface area contributed by atoms with Gasteiger partial charge in [0, 0.05) is 51.3 Å². The quantitative estimate of drug-likeness (QED) is 0.616. The molecule has 2 N–H and O–H groups in total. The number of carbonyl (C=O) groups excluding carboxylic acids is 2. The summed E-state index contributed by atoms with van der Waals surface area (Å²) >= 11 is 0. The Morgan fingerprint density at radius 3 is 2.34 bits per heavy atom. The lowest BCUT2D eigenvalue weighted by Crippen LogP contribution is -2.43. The summed E-state index contributed by atoms with van der Waals surface area (Å²) in [4.78, 5) is 26.1. The summed E-state index contributed by atoms with van der Waals surface area (Å²) in [5.41, 5.74) is 0.566. The van der Waals surface area contributed by atoms with Crippen molar-refractivity contribution >= 4 is 27.5 Å². The molecule has 2 fully saturated rings. The fraction of sp³-hybridized carbons (Fsp3) is 0.652. The predicted octanol–water partition coefficient (Wildman–Crippen LogP) is 2.43. The van der Waals surface area contributed by atoms with E-state index in [1.807, 2.05) is 0 Å². The van der Waals surface area contributed by atoms with Crippen LogP contribution in [0.15, 0.2) is 29.2 Å². The van der Waals surface area contributed by atoms with Gasteiger partial charge in [-0.05, 0) is 69.3 Å². The number of benzene rings is 1. The van der Waals surface area contributed by atoms with Crippen LogP contribution in [0.5, 0.6) is 0 Å². The van der Waals surface area contributed by atoms with Crippen LogP contribution in [0.2, 0.25) is 0 Å². The second-order valence-electron chi connectivity index (χ2n) is 8.99. The first kappa shape index (κ1) is 24.7. The molecule has 1 atom stereocenters. The van der Waals surface area contributed by atoms with Crippen LogP contribution in [-0.4, -0.2) is 68.2 Å². The van der Waals surface area contributed by atoms with Gasteiger partial charge < -0.3 is 10.6 Å². The Hall–Kier alpha value is -1.97. The molecule has 0 aliphatic carbocycles. The van der Waals surface area contributed by atoms with Crippen LogP contribution in [0.25, 0.3) is 0 Å². The summed E-state index contributed by atoms with van der Waals surface area (Å²) < 4.78 is 27.3. The van der Waals surface area contributed by atoms with E-state index in [1.54, 1.807) is 12.1 Å². The van der Waals surface area contributed by atoms with Crippen molar-refractivity contribution < 1.29 is 18.0 Å². The first-order chi connectivity index (χ1) is 15.3. The third kappa shape index (κ3) is 6.76. The average Bonchev–Trinajstić information content (AvgIpc) is 2.75. The number of nitrogens with one attached hydrogen (secondary N) is 2. The molecule has 0 bridgehead atoms. The summed E-state index contributed by atoms with van der Waals surface area (Å²) in [5, 5.41) is 5.68. The molecular weight excluding hydrogens is 428 g/mol. The van der Waals surface area contributed by atoms with Gasteiger partial charge in [-0.15, -0.1) is 0 Å². The summed E-state index contributed by atoms with van der Waals surface area (Å²) in [5.74, 6) is 0.0646. The van der Waals surface area contributed by atoms with E-state index in [1.165, 1.54) is 42.6 Å². The van der Waals surface area contributed by atoms with Crippen molar-refractivity contribution in [3.63, 3.8) is 0 Å². The van der Waals surface area contributed by atoms with Crippen molar-refractivity contribution in [2.45, 2.75) is 63.3 Å². The van der Waals surface area contributed by atoms with Crippen LogP contribution in [0.4, 0.5) is 5.69 Å². The van der Waals surface area contributed by atoms with Crippen LogP contribution in [0.1, 0.15) is 52.4 Å². The molecule has 178 valence electrons. The van der Waals surface area contributed by atoms with Crippen molar-refractivity contribution in [2.24, 2.45) is 5.92 Å². The van der Waals surface area contributed by atoms with Gasteiger partial charge in [-0.25, -0.2) is 8.42 Å². The highest BCUT2D eigenvalue weighted by atomic mass is 32.2. The predicted molar refractivity (Wildman–Crippen MR) is 125 cm³/mol. The summed E-state index contributed by atoms with van der Waals surface area (Å²) in [7, 11) is -3.58. The van der Waals surface area contributed by atoms with Crippen molar-refractivity contribution in [2.75, 3.05) is 38.0 Å². The number of carbonyl (C=O) groups is 2. The minimum absolute atomic E-state index is 0.0597. The SMILES string of the molecule is CC(=O)Nc1ccc(S(=O)(=O)N2CCC(CC(=O)NCCN3CCCC[C@H]3C)CC2)cc1. The molecule has 1 aromatic rings. The van der Waals surface area contributed by atoms with E-state index in [0.29, 0.717) is 50.6 Å². The largest absolute Gasteiger partial charge is 0.355 e. The summed E-state index contributed by atoms with van der Waals surface area (Å²) in [6, 6.07) is 6.81. The zero-order chi connectivity index (χ0) is 23.1. The minimum atomic E-state index is -3.58. The zero-order valence-corrected chi connectivity index (χ0v) is 20.0. The van der Waals surface area contributed by atoms with Gasteiger partial charge in [0.15, 0.2) is 0 Å². The Bertz CT molecular complexity index is 880. The lowest BCUT2D eigenvalue weighted by atomic mass is 9.94. The molecular formula is C23H36N4O4S. The second-order valence-corrected chi connectivity index (χ2v) is 10.9. The van der Waals surface area contributed by atoms with Crippen molar-refractivity contribution in [1.82, 2.24) is 14.5 Å². The Balaban J connectivity index is 1.41. The fourth-order valence-corrected chi connectivity index (χ4v) is 6.05. The van der Waals surface area contributed by atoms with Gasteiger partial charge in [0.25, 0.3) is 0 Å². The van der Waals surface area contributed by atoms with E-state index in [9.17, 15) is 18.0 Å². The monoisotopic (exact) mass is 464 g/mol. The molecule has 8 nitrogen and oxygen atoms in total. The number of rotatable bonds is 8. The number of piperidine rings is 2. The van der Waals surface area contributed by atoms with E-state index < -0.39 is 10.0 Å². The van der Waals surface area contributed by atoms with Crippen LogP contribution in [-0.2, 0) is 19.6 Å². The molecule has 0 unspecified atom stereocenters. The average molecular weight is 465 g/mol. The normalized spacial score (nSPS) is 21.2. The molecule has 2 saturated heterocycles. The summed E-state index contributed by atoms with van der Waals surface area (Å²) in [6.07, 6.45) is 5.57. The third-order valence-electron chi connectivity index (χ3n) is 6.52. The lowest BCUT2D eigenvalue weighted by molar-refractivity contribution is -0.122. The Morgan fingerprint density at radius 2 is 1.72 bits per heavy atom. The van der Waals surface area contributed by atoms with Crippen molar-refractivity contribution in [3.8, 4) is 0 Å². The molecule has 2 heterocycles. The molecule has 3 rings (SSSR count). The zero-order valence-electron chi connectivity index (χ0n) is 19.2. The number of sulfonamides is 1. The third-order valence-corrected chi connectivity index (χ3v) is 8.43. The van der Waals surface area contributed by atoms with Crippen LogP contribution in [0, 0.1) is 5.92 Å². The van der Waals surface area contributed by atoms with E-state index in [4.69, 9.17) is 0 Å². The molecule has 0 aromatic heterocycles. The fourth-order valence-electron chi connectivity index (χ4n) is 4.58. The standard InChI is InChI=1S/C23H36N4O4S/c1-18-5-3-4-13-26(18)16-12-24-23(29)17-20-10-14-27(15-11-20)32(30,31)22-8-6-21(7-9-22)25-19(2)28/h6-9,18,20H,3-5,10-17H2,1-2H3,(H,24,29)(H,25,28)/t18-/m1/s1. The Kier molecular flexibility index (Phi) is 8.67. The van der Waals surface area contributed by atoms with Crippen molar-refractivity contribution in [1.29, 1.82) is 0 Å². The van der Waals surface area contributed by atoms with E-state index in [2.05, 4.69) is 22.5 Å². The van der Waals surface area contributed by atoms with Gasteiger partial charge in [-0.1, -0.05) is 6.42 Å². The maximum Gasteiger partial charge on any atom is 0.243 e. The van der Waals surface area contributed by atoms with Crippen molar-refractivity contribution in [3.05, 3.63) is 24.3 Å². The lowest BCUT2D eigenvalue weighted by Gasteiger charge is -2.33. The molecule has 2 aliphatic heterocycles. The maximum atomic E-state index is 12.9. The minimum Gasteiger partial charge on any atom is -0.355 e. The number of amides is 2. The maximum absolute atomic E-state index is 12.9. The van der Waals surface area contributed by atoms with E-state index in [0.717, 1.165) is 13.1 Å². The van der Waals surface area contributed by atoms with Crippen LogP contribution >= 0.6 is 0 Å². The number of anilines is 1. The molecule has 1 aromatic carbocycles. The highest BCUT2D eigenvalue weighted by Crippen LogP contribution is 2.26. The first-order valence-corrected chi connectivity index (χ1v) is 13.1. The number of nitrogens with zero attached hydrogens (tertiary/aromatic N) is 2. The van der Waals surface area contributed by atoms with E-state index in [-0.39, 0.29) is 22.6 Å². The summed E-state index contributed by atoms with van der Waals surface area (Å²) in [6.45, 7) is 7.16. The van der Waals surface area contributed by atoms with Gasteiger partial charge in [0.1, 0.15) is 0 Å². The van der Waals surface area contributed by atoms with E-state index >= 15 is 0 Å². The number of hydrogen-bond acceptors (Lipinski definition) is 5. The molecule has 9 heteroatoms. The molecule has 2 aliphatic rings. The highest BCUT2D eigenvalue weighted by molar-refractivity contribution is 7.89. The first-order valence-electron chi connectivity index (χ1n) is 11.6. The smallest absolute Gasteiger partial charge is 0.243 e. The van der Waals surface area contributed by atoms with Gasteiger partial charge in [-0.2, -0.15) is 4.31 Å². The van der Waals surface area contributed by atoms with Gasteiger partial charge >= 0.3 is 0 Å². The highest BCUT2D eigenvalue weighted by Gasteiger charge is 2.30. The van der Waals surface area contributed by atoms with Crippen LogP contribution in [0.3, 0.4) is 0 Å². The number of hydrogen-bond donors (Lipinski definition) is 2. The Labute approximate surface area is 191 Å². The van der Waals surface area contributed by atoms with Gasteiger partial charge in [0.05, 0.1) is 4.90 Å². The topological polar surface area (TPSA) is 98.8 Å². The number of likely N-dealkylation sites (tertiary alicyclic amines) is 1. The molecule has 0 spiro atoms. The Morgan fingerprint density at radius 1 is 1.03 bits per heavy atom. The molecule has 2 amide bonds. The molecule has 32 heavy (non-hydrogen) atoms. The van der Waals surface area contributed by atoms with Gasteiger partial charge in [-0.3, -0.25) is 14.5 Å².